The van der Waals surface area contributed by atoms with Gasteiger partial charge in [-0.05, 0) is 64.9 Å². The fourth-order valence-electron chi connectivity index (χ4n) is 5.33. The summed E-state index contributed by atoms with van der Waals surface area (Å²) < 4.78 is 4.61. The summed E-state index contributed by atoms with van der Waals surface area (Å²) in [5, 5.41) is 14.3. The molecule has 1 aliphatic heterocycles. The van der Waals surface area contributed by atoms with Gasteiger partial charge in [0.05, 0.1) is 0 Å². The van der Waals surface area contributed by atoms with Gasteiger partial charge >= 0.3 is 0 Å². The highest BCUT2D eigenvalue weighted by molar-refractivity contribution is 14.1. The van der Waals surface area contributed by atoms with Gasteiger partial charge in [-0.3, -0.25) is 4.79 Å². The Morgan fingerprint density at radius 2 is 1.84 bits per heavy atom. The van der Waals surface area contributed by atoms with Gasteiger partial charge in [0.15, 0.2) is 12.3 Å². The Labute approximate surface area is 237 Å². The average molecular weight is 625 g/mol. The van der Waals surface area contributed by atoms with Crippen LogP contribution in [0, 0.1) is 3.57 Å². The van der Waals surface area contributed by atoms with Crippen LogP contribution >= 0.6 is 33.9 Å². The van der Waals surface area contributed by atoms with Gasteiger partial charge < -0.3 is 10.0 Å². The third-order valence-electron chi connectivity index (χ3n) is 7.49. The molecule has 2 aliphatic rings. The maximum absolute atomic E-state index is 13.4. The van der Waals surface area contributed by atoms with Crippen LogP contribution in [0.4, 0.5) is 5.69 Å². The van der Waals surface area contributed by atoms with E-state index in [2.05, 4.69) is 90.1 Å². The zero-order valence-electron chi connectivity index (χ0n) is 21.9. The van der Waals surface area contributed by atoms with Crippen LogP contribution in [0.5, 0.6) is 0 Å². The predicted molar refractivity (Wildman–Crippen MR) is 159 cm³/mol. The first-order valence-corrected chi connectivity index (χ1v) is 15.1. The minimum atomic E-state index is -0.286. The Morgan fingerprint density at radius 3 is 2.57 bits per heavy atom. The van der Waals surface area contributed by atoms with E-state index in [4.69, 9.17) is 0 Å². The van der Waals surface area contributed by atoms with Gasteiger partial charge in [-0.25, -0.2) is 0 Å². The third kappa shape index (κ3) is 4.56. The average Bonchev–Trinajstić information content (AvgIpc) is 3.34. The van der Waals surface area contributed by atoms with Crippen LogP contribution < -0.4 is 14.6 Å². The second-order valence-electron chi connectivity index (χ2n) is 10.4. The minimum Gasteiger partial charge on any atom is -0.871 e. The smallest absolute Gasteiger partial charge is 0.263 e. The van der Waals surface area contributed by atoms with Crippen molar-refractivity contribution in [3.63, 3.8) is 0 Å². The number of halogens is 1. The predicted octanol–water partition coefficient (Wildman–Crippen LogP) is 6.66. The van der Waals surface area contributed by atoms with E-state index in [0.29, 0.717) is 11.1 Å². The molecule has 0 spiro atoms. The van der Waals surface area contributed by atoms with Crippen molar-refractivity contribution in [1.29, 1.82) is 0 Å². The number of aromatic nitrogens is 1. The molecular formula is C31H33IN2O2S. The zero-order chi connectivity index (χ0) is 26.3. The lowest BCUT2D eigenvalue weighted by Gasteiger charge is -2.32. The summed E-state index contributed by atoms with van der Waals surface area (Å²) in [7, 11) is 0. The number of anilines is 1. The van der Waals surface area contributed by atoms with Crippen molar-refractivity contribution in [2.45, 2.75) is 65.3 Å². The number of benzene rings is 2. The second kappa shape index (κ2) is 10.4. The number of hydrogen-bond acceptors (Lipinski definition) is 4. The molecule has 192 valence electrons. The number of unbranched alkanes of at least 4 members (excludes halogenated alkanes) is 2. The molecule has 1 aromatic heterocycles. The van der Waals surface area contributed by atoms with Crippen molar-refractivity contribution < 1.29 is 14.5 Å². The quantitative estimate of drug-likeness (QED) is 0.160. The van der Waals surface area contributed by atoms with Crippen LogP contribution in [-0.2, 0) is 16.8 Å². The Morgan fingerprint density at radius 1 is 1.08 bits per heavy atom. The van der Waals surface area contributed by atoms with Crippen molar-refractivity contribution in [1.82, 2.24) is 0 Å². The summed E-state index contributed by atoms with van der Waals surface area (Å²) >= 11 is 3.99. The Balaban J connectivity index is 1.55. The lowest BCUT2D eigenvalue weighted by molar-refractivity contribution is -0.669. The topological polar surface area (TPSA) is 47.2 Å². The number of ketones is 1. The molecule has 2 aromatic carbocycles. The molecule has 6 heteroatoms. The van der Waals surface area contributed by atoms with Crippen molar-refractivity contribution in [3.05, 3.63) is 85.3 Å². The maximum atomic E-state index is 13.4. The molecule has 1 aliphatic carbocycles. The molecule has 4 nitrogen and oxygen atoms in total. The zero-order valence-corrected chi connectivity index (χ0v) is 24.9. The number of Topliss-reactive ketones (excluding diaryl/α,β-unsaturated/α-hetero) is 1. The molecule has 0 amide bonds. The molecule has 0 unspecified atom stereocenters. The van der Waals surface area contributed by atoms with E-state index in [1.54, 1.807) is 11.3 Å². The number of para-hydroxylation sites is 1. The first-order valence-electron chi connectivity index (χ1n) is 13.2. The molecular weight excluding hydrogens is 591 g/mol. The number of thiazole rings is 1. The van der Waals surface area contributed by atoms with Crippen molar-refractivity contribution in [2.75, 3.05) is 11.4 Å². The van der Waals surface area contributed by atoms with Crippen molar-refractivity contribution in [2.24, 2.45) is 0 Å². The van der Waals surface area contributed by atoms with Crippen LogP contribution in [0.15, 0.2) is 71.1 Å². The maximum Gasteiger partial charge on any atom is 0.263 e. The molecule has 0 radical (unpaired) electrons. The number of nitrogens with zero attached hydrogens (tertiary/aromatic N) is 2. The summed E-state index contributed by atoms with van der Waals surface area (Å²) in [6, 6.07) is 14.8. The van der Waals surface area contributed by atoms with E-state index in [0.717, 1.165) is 55.0 Å². The van der Waals surface area contributed by atoms with E-state index >= 15 is 0 Å². The summed E-state index contributed by atoms with van der Waals surface area (Å²) in [6.07, 6.45) is 7.96. The van der Waals surface area contributed by atoms with Crippen LogP contribution in [0.25, 0.3) is 16.3 Å². The number of aryl methyl sites for hydroxylation is 1. The summed E-state index contributed by atoms with van der Waals surface area (Å²) in [5.74, 6) is -0.289. The molecule has 3 aromatic rings. The highest BCUT2D eigenvalue weighted by Crippen LogP contribution is 2.49. The molecule has 0 saturated carbocycles. The standard InChI is InChI=1S/C31H33IN2O2S/c1-5-7-15-33-24-14-13-20(32)17-23(24)31(3,4)27(33)18-21-29(35)22(30(21)36)19-28-34(16-8-6-2)25-11-9-10-12-26(25)37-28/h9-14,17-19H,5-8,15-16H2,1-4H3. The number of allylic oxidation sites excluding steroid dienone is 4. The van der Waals surface area contributed by atoms with Gasteiger partial charge in [0, 0.05) is 56.6 Å². The van der Waals surface area contributed by atoms with Crippen LogP contribution in [0.3, 0.4) is 0 Å². The van der Waals surface area contributed by atoms with E-state index < -0.39 is 0 Å². The number of carbonyl (C=O) groups excluding carboxylic acids is 1. The highest BCUT2D eigenvalue weighted by atomic mass is 127. The van der Waals surface area contributed by atoms with E-state index in [1.165, 1.54) is 19.5 Å². The monoisotopic (exact) mass is 624 g/mol. The molecule has 0 bridgehead atoms. The molecule has 5 rings (SSSR count). The third-order valence-corrected chi connectivity index (χ3v) is 9.27. The first kappa shape index (κ1) is 26.2. The summed E-state index contributed by atoms with van der Waals surface area (Å²) in [4.78, 5) is 15.7. The Kier molecular flexibility index (Phi) is 7.33. The Hall–Kier alpha value is -2.45. The van der Waals surface area contributed by atoms with E-state index in [9.17, 15) is 9.90 Å². The summed E-state index contributed by atoms with van der Waals surface area (Å²) in [6.45, 7) is 10.5. The van der Waals surface area contributed by atoms with E-state index in [1.807, 2.05) is 24.3 Å². The highest BCUT2D eigenvalue weighted by Gasteiger charge is 2.41. The Bertz CT molecular complexity index is 1480. The molecule has 2 heterocycles. The normalized spacial score (nSPS) is 18.8. The van der Waals surface area contributed by atoms with Crippen molar-refractivity contribution >= 4 is 61.7 Å². The van der Waals surface area contributed by atoms with Gasteiger partial charge in [0.1, 0.15) is 4.70 Å². The number of rotatable bonds is 8. The number of carbonyl (C=O) groups is 1. The van der Waals surface area contributed by atoms with Crippen LogP contribution in [0.1, 0.15) is 63.9 Å². The first-order chi connectivity index (χ1) is 17.8. The fourth-order valence-corrected chi connectivity index (χ4v) is 6.95. The van der Waals surface area contributed by atoms with Gasteiger partial charge in [0.25, 0.3) is 5.01 Å². The molecule has 37 heavy (non-hydrogen) atoms. The molecule has 0 saturated heterocycles. The largest absolute Gasteiger partial charge is 0.871 e. The van der Waals surface area contributed by atoms with Gasteiger partial charge in [-0.1, -0.05) is 69.8 Å². The number of hydrogen-bond donors (Lipinski definition) is 0. The number of fused-ring (bicyclic) bond motifs is 2. The van der Waals surface area contributed by atoms with Crippen molar-refractivity contribution in [3.8, 4) is 0 Å². The van der Waals surface area contributed by atoms with Gasteiger partial charge in [-0.15, -0.1) is 0 Å². The molecule has 0 fully saturated rings. The SMILES string of the molecule is CCCCN1/C(=C/C2=C([O-])C(=C\c3sc4ccccc4[n+]3CCCC)/C2=O)C(C)(C)c2cc(I)ccc21. The second-order valence-corrected chi connectivity index (χ2v) is 12.7. The van der Waals surface area contributed by atoms with Crippen LogP contribution in [0.2, 0.25) is 0 Å². The summed E-state index contributed by atoms with van der Waals surface area (Å²) in [5.41, 5.74) is 4.94. The lowest BCUT2D eigenvalue weighted by atomic mass is 9.80. The van der Waals surface area contributed by atoms with Crippen LogP contribution in [-0.4, -0.2) is 12.3 Å². The fraction of sp³-hybridized carbons (Fsp3) is 0.355. The molecule has 0 atom stereocenters. The lowest BCUT2D eigenvalue weighted by Crippen LogP contribution is -2.36. The van der Waals surface area contributed by atoms with Gasteiger partial charge in [-0.2, -0.15) is 4.57 Å². The molecule has 0 N–H and O–H groups in total. The van der Waals surface area contributed by atoms with Gasteiger partial charge in [0.2, 0.25) is 5.52 Å². The minimum absolute atomic E-state index is 0.145. The van der Waals surface area contributed by atoms with E-state index in [-0.39, 0.29) is 17.0 Å².